The number of hydrogen-bond donors (Lipinski definition) is 1. The fourth-order valence-electron chi connectivity index (χ4n) is 1.99. The van der Waals surface area contributed by atoms with Gasteiger partial charge in [0.2, 0.25) is 5.91 Å². The summed E-state index contributed by atoms with van der Waals surface area (Å²) in [5.41, 5.74) is 2.50. The minimum Gasteiger partial charge on any atom is -0.325 e. The molecule has 1 N–H and O–H groups in total. The van der Waals surface area contributed by atoms with Gasteiger partial charge >= 0.3 is 0 Å². The summed E-state index contributed by atoms with van der Waals surface area (Å²) >= 11 is 2.85. The molecule has 0 bridgehead atoms. The van der Waals surface area contributed by atoms with Gasteiger partial charge < -0.3 is 5.32 Å². The average Bonchev–Trinajstić information content (AvgIpc) is 3.00. The first-order chi connectivity index (χ1) is 10.2. The van der Waals surface area contributed by atoms with E-state index in [0.29, 0.717) is 0 Å². The number of hydrogen-bond acceptors (Lipinski definition) is 5. The Hall–Kier alpha value is -1.92. The van der Waals surface area contributed by atoms with Crippen LogP contribution < -0.4 is 5.32 Å². The molecule has 0 aliphatic heterocycles. The van der Waals surface area contributed by atoms with Crippen molar-refractivity contribution in [3.8, 4) is 0 Å². The van der Waals surface area contributed by atoms with E-state index < -0.39 is 0 Å². The molecule has 1 heterocycles. The van der Waals surface area contributed by atoms with Crippen molar-refractivity contribution >= 4 is 45.5 Å². The highest BCUT2D eigenvalue weighted by atomic mass is 32.2. The Kier molecular flexibility index (Phi) is 4.17. The van der Waals surface area contributed by atoms with Crippen LogP contribution in [0.4, 0.5) is 5.69 Å². The predicted molar refractivity (Wildman–Crippen MR) is 87.8 cm³/mol. The second kappa shape index (κ2) is 6.24. The van der Waals surface area contributed by atoms with E-state index in [-0.39, 0.29) is 11.2 Å². The van der Waals surface area contributed by atoms with Gasteiger partial charge in [-0.05, 0) is 18.4 Å². The summed E-state index contributed by atoms with van der Waals surface area (Å²) in [7, 11) is 0. The van der Waals surface area contributed by atoms with Crippen molar-refractivity contribution < 1.29 is 4.79 Å². The van der Waals surface area contributed by atoms with Gasteiger partial charge in [0, 0.05) is 11.1 Å². The number of benzene rings is 2. The molecule has 106 valence electrons. The molecule has 0 aliphatic carbocycles. The Morgan fingerprint density at radius 1 is 1.24 bits per heavy atom. The molecule has 3 rings (SSSR count). The zero-order valence-corrected chi connectivity index (χ0v) is 12.9. The van der Waals surface area contributed by atoms with Gasteiger partial charge in [0.25, 0.3) is 0 Å². The Bertz CT molecular complexity index is 753. The molecule has 4 nitrogen and oxygen atoms in total. The zero-order valence-electron chi connectivity index (χ0n) is 11.3. The first-order valence-corrected chi connectivity index (χ1v) is 8.21. The van der Waals surface area contributed by atoms with Crippen molar-refractivity contribution in [2.24, 2.45) is 0 Å². The SMILES string of the molecule is C[C@H](Sc1nncs1)C(=O)Nc1cccc2ccccc12. The number of nitrogens with zero attached hydrogens (tertiary/aromatic N) is 2. The van der Waals surface area contributed by atoms with Crippen LogP contribution in [0.1, 0.15) is 6.92 Å². The number of nitrogens with one attached hydrogen (secondary N) is 1. The van der Waals surface area contributed by atoms with Gasteiger partial charge in [-0.3, -0.25) is 4.79 Å². The van der Waals surface area contributed by atoms with Crippen LogP contribution >= 0.6 is 23.1 Å². The number of thioether (sulfide) groups is 1. The number of aromatic nitrogens is 2. The van der Waals surface area contributed by atoms with Gasteiger partial charge in [-0.2, -0.15) is 0 Å². The van der Waals surface area contributed by atoms with Gasteiger partial charge in [0.05, 0.1) is 5.25 Å². The number of rotatable bonds is 4. The Morgan fingerprint density at radius 2 is 2.05 bits per heavy atom. The van der Waals surface area contributed by atoms with Crippen LogP contribution in [0.25, 0.3) is 10.8 Å². The highest BCUT2D eigenvalue weighted by molar-refractivity contribution is 8.02. The first-order valence-electron chi connectivity index (χ1n) is 6.45. The molecule has 2 aromatic carbocycles. The average molecular weight is 315 g/mol. The number of anilines is 1. The van der Waals surface area contributed by atoms with Crippen molar-refractivity contribution in [1.82, 2.24) is 10.2 Å². The van der Waals surface area contributed by atoms with Gasteiger partial charge in [-0.1, -0.05) is 59.5 Å². The molecule has 21 heavy (non-hydrogen) atoms. The van der Waals surface area contributed by atoms with Crippen LogP contribution in [-0.2, 0) is 4.79 Å². The lowest BCUT2D eigenvalue weighted by Crippen LogP contribution is -2.22. The molecule has 0 unspecified atom stereocenters. The molecule has 3 aromatic rings. The summed E-state index contributed by atoms with van der Waals surface area (Å²) in [5.74, 6) is -0.0356. The van der Waals surface area contributed by atoms with E-state index in [9.17, 15) is 4.79 Å². The summed E-state index contributed by atoms with van der Waals surface area (Å²) in [6.07, 6.45) is 0. The maximum atomic E-state index is 12.3. The van der Waals surface area contributed by atoms with Crippen LogP contribution in [0.3, 0.4) is 0 Å². The van der Waals surface area contributed by atoms with Crippen LogP contribution in [0, 0.1) is 0 Å². The van der Waals surface area contributed by atoms with Crippen LogP contribution in [0.5, 0.6) is 0 Å². The molecular formula is C15H13N3OS2. The normalized spacial score (nSPS) is 12.2. The fraction of sp³-hybridized carbons (Fsp3) is 0.133. The van der Waals surface area contributed by atoms with E-state index in [4.69, 9.17) is 0 Å². The highest BCUT2D eigenvalue weighted by Gasteiger charge is 2.16. The molecule has 1 amide bonds. The van der Waals surface area contributed by atoms with E-state index in [1.807, 2.05) is 49.4 Å². The van der Waals surface area contributed by atoms with E-state index in [2.05, 4.69) is 15.5 Å². The third-order valence-corrected chi connectivity index (χ3v) is 4.95. The van der Waals surface area contributed by atoms with Crippen molar-refractivity contribution in [3.63, 3.8) is 0 Å². The van der Waals surface area contributed by atoms with Crippen molar-refractivity contribution in [3.05, 3.63) is 48.0 Å². The predicted octanol–water partition coefficient (Wildman–Crippen LogP) is 3.81. The van der Waals surface area contributed by atoms with Crippen LogP contribution in [0.2, 0.25) is 0 Å². The first kappa shape index (κ1) is 14.0. The second-order valence-electron chi connectivity index (χ2n) is 4.48. The van der Waals surface area contributed by atoms with Crippen LogP contribution in [0.15, 0.2) is 52.3 Å². The summed E-state index contributed by atoms with van der Waals surface area (Å²) in [6, 6.07) is 13.9. The lowest BCUT2D eigenvalue weighted by atomic mass is 10.1. The minimum atomic E-state index is -0.225. The quantitative estimate of drug-likeness (QED) is 0.744. The molecule has 0 radical (unpaired) electrons. The molecule has 0 spiro atoms. The molecule has 0 saturated heterocycles. The molecular weight excluding hydrogens is 302 g/mol. The third-order valence-electron chi connectivity index (χ3n) is 3.03. The maximum Gasteiger partial charge on any atom is 0.237 e. The largest absolute Gasteiger partial charge is 0.325 e. The van der Waals surface area contributed by atoms with E-state index in [1.54, 1.807) is 5.51 Å². The van der Waals surface area contributed by atoms with Gasteiger partial charge in [-0.25, -0.2) is 0 Å². The third kappa shape index (κ3) is 3.22. The summed E-state index contributed by atoms with van der Waals surface area (Å²) < 4.78 is 0.801. The Morgan fingerprint density at radius 3 is 2.86 bits per heavy atom. The molecule has 1 aromatic heterocycles. The zero-order chi connectivity index (χ0) is 14.7. The van der Waals surface area contributed by atoms with Crippen LogP contribution in [-0.4, -0.2) is 21.4 Å². The maximum absolute atomic E-state index is 12.3. The van der Waals surface area contributed by atoms with Gasteiger partial charge in [-0.15, -0.1) is 10.2 Å². The lowest BCUT2D eigenvalue weighted by molar-refractivity contribution is -0.115. The van der Waals surface area contributed by atoms with Crippen molar-refractivity contribution in [2.75, 3.05) is 5.32 Å². The summed E-state index contributed by atoms with van der Waals surface area (Å²) in [5, 5.41) is 12.6. The highest BCUT2D eigenvalue weighted by Crippen LogP contribution is 2.27. The summed E-state index contributed by atoms with van der Waals surface area (Å²) in [4.78, 5) is 12.3. The topological polar surface area (TPSA) is 54.9 Å². The lowest BCUT2D eigenvalue weighted by Gasteiger charge is -2.12. The minimum absolute atomic E-state index is 0.0356. The van der Waals surface area contributed by atoms with Crippen molar-refractivity contribution in [1.29, 1.82) is 0 Å². The number of carbonyl (C=O) groups is 1. The fourth-order valence-corrected chi connectivity index (χ4v) is 3.61. The number of fused-ring (bicyclic) bond motifs is 1. The molecule has 0 fully saturated rings. The van der Waals surface area contributed by atoms with Gasteiger partial charge in [0.1, 0.15) is 5.51 Å². The smallest absolute Gasteiger partial charge is 0.237 e. The van der Waals surface area contributed by atoms with E-state index in [1.165, 1.54) is 23.1 Å². The number of carbonyl (C=O) groups excluding carboxylic acids is 1. The monoisotopic (exact) mass is 315 g/mol. The molecule has 0 aliphatic rings. The molecule has 6 heteroatoms. The Balaban J connectivity index is 1.77. The van der Waals surface area contributed by atoms with E-state index >= 15 is 0 Å². The standard InChI is InChI=1S/C15H13N3OS2/c1-10(21-15-18-16-9-20-15)14(19)17-13-8-4-6-11-5-2-3-7-12(11)13/h2-10H,1H3,(H,17,19)/t10-/m0/s1. The van der Waals surface area contributed by atoms with E-state index in [0.717, 1.165) is 20.8 Å². The number of amides is 1. The second-order valence-corrected chi connectivity index (χ2v) is 6.90. The Labute approximate surface area is 130 Å². The molecule has 1 atom stereocenters. The van der Waals surface area contributed by atoms with Crippen molar-refractivity contribution in [2.45, 2.75) is 16.5 Å². The van der Waals surface area contributed by atoms with Gasteiger partial charge in [0.15, 0.2) is 4.34 Å². The molecule has 0 saturated carbocycles. The summed E-state index contributed by atoms with van der Waals surface area (Å²) in [6.45, 7) is 1.87.